The topological polar surface area (TPSA) is 168 Å². The fourth-order valence-electron chi connectivity index (χ4n) is 5.20. The average molecular weight is 612 g/mol. The van der Waals surface area contributed by atoms with Gasteiger partial charge in [0.1, 0.15) is 5.82 Å². The van der Waals surface area contributed by atoms with Gasteiger partial charge in [-0.05, 0) is 29.5 Å². The predicted octanol–water partition coefficient (Wildman–Crippen LogP) is 4.85. The third-order valence-electron chi connectivity index (χ3n) is 7.09. The summed E-state index contributed by atoms with van der Waals surface area (Å²) in [5.41, 5.74) is 14.7. The van der Waals surface area contributed by atoms with Crippen molar-refractivity contribution in [2.45, 2.75) is 31.0 Å². The quantitative estimate of drug-likeness (QED) is 0.301. The molecule has 0 bridgehead atoms. The number of primary amides is 1. The first-order valence-electron chi connectivity index (χ1n) is 13.4. The van der Waals surface area contributed by atoms with Crippen LogP contribution in [0.15, 0.2) is 87.7 Å². The number of amides is 2. The number of para-hydroxylation sites is 1. The van der Waals surface area contributed by atoms with Crippen molar-refractivity contribution in [1.29, 1.82) is 5.26 Å². The van der Waals surface area contributed by atoms with Gasteiger partial charge in [-0.1, -0.05) is 91.6 Å². The fraction of sp³-hybridized carbons (Fsp3) is 0.226. The number of rotatable bonds is 8. The number of carbonyl (C=O) groups excluding carboxylic acids is 3. The van der Waals surface area contributed by atoms with Crippen LogP contribution in [0.5, 0.6) is 0 Å². The summed E-state index contributed by atoms with van der Waals surface area (Å²) in [4.78, 5) is 39.6. The van der Waals surface area contributed by atoms with Gasteiger partial charge in [0, 0.05) is 23.6 Å². The highest BCUT2D eigenvalue weighted by molar-refractivity contribution is 8.01. The van der Waals surface area contributed by atoms with Crippen molar-refractivity contribution in [3.8, 4) is 6.07 Å². The normalized spacial score (nSPS) is 18.0. The van der Waals surface area contributed by atoms with E-state index in [-0.39, 0.29) is 39.8 Å². The molecule has 3 aromatic rings. The van der Waals surface area contributed by atoms with E-state index in [1.165, 1.54) is 17.4 Å². The Hall–Kier alpha value is -4.73. The highest BCUT2D eigenvalue weighted by atomic mass is 32.2. The second-order valence-electron chi connectivity index (χ2n) is 10.9. The van der Waals surface area contributed by atoms with Crippen molar-refractivity contribution in [1.82, 2.24) is 10.2 Å². The molecule has 1 unspecified atom stereocenters. The highest BCUT2D eigenvalue weighted by Gasteiger charge is 2.44. The van der Waals surface area contributed by atoms with Crippen molar-refractivity contribution >= 4 is 57.6 Å². The molecular formula is C31H29N7O3S2. The fourth-order valence-corrected chi connectivity index (χ4v) is 6.89. The molecular weight excluding hydrogens is 583 g/mol. The van der Waals surface area contributed by atoms with E-state index in [1.54, 1.807) is 23.1 Å². The van der Waals surface area contributed by atoms with Gasteiger partial charge in [0.05, 0.1) is 28.6 Å². The van der Waals surface area contributed by atoms with Crippen LogP contribution in [-0.4, -0.2) is 33.5 Å². The van der Waals surface area contributed by atoms with Crippen LogP contribution in [0.1, 0.15) is 42.6 Å². The van der Waals surface area contributed by atoms with Gasteiger partial charge in [-0.25, -0.2) is 0 Å². The highest BCUT2D eigenvalue weighted by Crippen LogP contribution is 2.48. The molecule has 0 saturated carbocycles. The van der Waals surface area contributed by atoms with Crippen LogP contribution in [0, 0.1) is 22.7 Å². The van der Waals surface area contributed by atoms with Crippen LogP contribution in [0.2, 0.25) is 0 Å². The molecule has 2 amide bonds. The van der Waals surface area contributed by atoms with Crippen molar-refractivity contribution in [2.75, 3.05) is 16.0 Å². The molecule has 10 nitrogen and oxygen atoms in total. The number of hydrogen-bond donors (Lipinski definition) is 3. The number of ketones is 1. The molecule has 1 aliphatic heterocycles. The lowest BCUT2D eigenvalue weighted by Crippen LogP contribution is -2.42. The number of carbonyl (C=O) groups is 3. The average Bonchev–Trinajstić information content (AvgIpc) is 3.43. The molecule has 43 heavy (non-hydrogen) atoms. The smallest absolute Gasteiger partial charge is 0.250 e. The number of hydrogen-bond acceptors (Lipinski definition) is 10. The van der Waals surface area contributed by atoms with Gasteiger partial charge in [0.25, 0.3) is 5.91 Å². The van der Waals surface area contributed by atoms with Crippen molar-refractivity contribution in [3.63, 3.8) is 0 Å². The van der Waals surface area contributed by atoms with Crippen molar-refractivity contribution in [2.24, 2.45) is 22.8 Å². The molecule has 1 atom stereocenters. The van der Waals surface area contributed by atoms with Crippen LogP contribution in [0.3, 0.4) is 0 Å². The number of nitriles is 1. The Morgan fingerprint density at radius 2 is 1.88 bits per heavy atom. The number of thioether (sulfide) groups is 1. The molecule has 2 heterocycles. The molecule has 5 rings (SSSR count). The number of benzene rings is 2. The first-order valence-corrected chi connectivity index (χ1v) is 15.2. The Kier molecular flexibility index (Phi) is 8.47. The van der Waals surface area contributed by atoms with Crippen molar-refractivity contribution in [3.05, 3.63) is 94.5 Å². The summed E-state index contributed by atoms with van der Waals surface area (Å²) in [5, 5.41) is 21.9. The summed E-state index contributed by atoms with van der Waals surface area (Å²) in [5.74, 6) is -1.42. The zero-order valence-electron chi connectivity index (χ0n) is 23.5. The number of allylic oxidation sites excluding steroid dienone is 4. The lowest BCUT2D eigenvalue weighted by atomic mass is 9.70. The molecule has 1 aliphatic carbocycles. The second kappa shape index (κ2) is 12.2. The molecule has 1 aromatic heterocycles. The van der Waals surface area contributed by atoms with E-state index in [2.05, 4.69) is 21.6 Å². The van der Waals surface area contributed by atoms with E-state index < -0.39 is 11.8 Å². The summed E-state index contributed by atoms with van der Waals surface area (Å²) in [7, 11) is 0. The van der Waals surface area contributed by atoms with E-state index in [9.17, 15) is 19.6 Å². The molecule has 0 radical (unpaired) electrons. The third-order valence-corrected chi connectivity index (χ3v) is 9.13. The lowest BCUT2D eigenvalue weighted by Gasteiger charge is -2.41. The molecule has 0 fully saturated rings. The van der Waals surface area contributed by atoms with E-state index >= 15 is 0 Å². The maximum absolute atomic E-state index is 13.6. The molecule has 5 N–H and O–H groups in total. The predicted molar refractivity (Wildman–Crippen MR) is 168 cm³/mol. The van der Waals surface area contributed by atoms with E-state index in [0.717, 1.165) is 17.3 Å². The zero-order chi connectivity index (χ0) is 30.7. The minimum absolute atomic E-state index is 0.00230. The van der Waals surface area contributed by atoms with Crippen molar-refractivity contribution < 1.29 is 14.4 Å². The third kappa shape index (κ3) is 6.38. The van der Waals surface area contributed by atoms with E-state index in [0.29, 0.717) is 39.3 Å². The second-order valence-corrected chi connectivity index (χ2v) is 13.1. The molecule has 0 spiro atoms. The van der Waals surface area contributed by atoms with Crippen LogP contribution in [0.4, 0.5) is 10.8 Å². The number of nitrogens with two attached hydrogens (primary N) is 2. The largest absolute Gasteiger partial charge is 0.384 e. The Balaban J connectivity index is 1.42. The maximum atomic E-state index is 13.6. The number of Topliss-reactive ketones (excluding diaryl/α,β-unsaturated/α-hetero) is 1. The Labute approximate surface area is 257 Å². The van der Waals surface area contributed by atoms with Crippen LogP contribution in [-0.2, 0) is 9.59 Å². The number of nitrogens with one attached hydrogen (secondary N) is 1. The number of anilines is 2. The SMILES string of the molecule is CC1(C)CC(=O)C2=C(C1)N(c1nnc(SCC(=O)Nc3ccccc3C(N)=O)s1)C(N)=C(C#N)C2/C=C/c1ccccc1. The zero-order valence-corrected chi connectivity index (χ0v) is 25.2. The molecule has 2 aliphatic rings. The summed E-state index contributed by atoms with van der Waals surface area (Å²) in [6.45, 7) is 4.05. The summed E-state index contributed by atoms with van der Waals surface area (Å²) >= 11 is 2.37. The van der Waals surface area contributed by atoms with Gasteiger partial charge in [0.2, 0.25) is 11.0 Å². The van der Waals surface area contributed by atoms with Crippen LogP contribution in [0.25, 0.3) is 6.08 Å². The minimum Gasteiger partial charge on any atom is -0.384 e. The Bertz CT molecular complexity index is 1730. The van der Waals surface area contributed by atoms with E-state index in [1.807, 2.05) is 56.3 Å². The summed E-state index contributed by atoms with van der Waals surface area (Å²) in [6, 6.07) is 18.4. The van der Waals surface area contributed by atoms with Gasteiger partial charge in [-0.15, -0.1) is 10.2 Å². The van der Waals surface area contributed by atoms with Crippen LogP contribution >= 0.6 is 23.1 Å². The number of nitrogens with zero attached hydrogens (tertiary/aromatic N) is 4. The summed E-state index contributed by atoms with van der Waals surface area (Å²) in [6.07, 6.45) is 4.65. The number of aromatic nitrogens is 2. The molecule has 2 aromatic carbocycles. The van der Waals surface area contributed by atoms with Gasteiger partial charge >= 0.3 is 0 Å². The molecule has 0 saturated heterocycles. The van der Waals surface area contributed by atoms with Gasteiger partial charge in [-0.2, -0.15) is 5.26 Å². The van der Waals surface area contributed by atoms with Gasteiger partial charge < -0.3 is 16.8 Å². The molecule has 218 valence electrons. The lowest BCUT2D eigenvalue weighted by molar-refractivity contribution is -0.118. The first kappa shape index (κ1) is 29.8. The first-order chi connectivity index (χ1) is 20.6. The Morgan fingerprint density at radius 3 is 2.60 bits per heavy atom. The van der Waals surface area contributed by atoms with Gasteiger partial charge in [-0.3, -0.25) is 19.3 Å². The summed E-state index contributed by atoms with van der Waals surface area (Å²) < 4.78 is 0.495. The Morgan fingerprint density at radius 1 is 1.16 bits per heavy atom. The minimum atomic E-state index is -0.642. The maximum Gasteiger partial charge on any atom is 0.250 e. The van der Waals surface area contributed by atoms with E-state index in [4.69, 9.17) is 11.5 Å². The van der Waals surface area contributed by atoms with Crippen LogP contribution < -0.4 is 21.7 Å². The standard InChI is InChI=1S/C31H29N7O3S2/c1-31(2)14-23-26(24(39)15-31)19(13-12-18-8-4-3-5-9-18)21(16-32)27(33)38(23)29-36-37-30(43-29)42-17-25(40)35-22-11-7-6-10-20(22)28(34)41/h3-13,19H,14-15,17,33H2,1-2H3,(H2,34,41)(H,35,40)/b13-12+. The van der Waals surface area contributed by atoms with Gasteiger partial charge in [0.15, 0.2) is 10.1 Å². The monoisotopic (exact) mass is 611 g/mol. The molecule has 12 heteroatoms.